The van der Waals surface area contributed by atoms with E-state index in [1.807, 2.05) is 20.8 Å². The van der Waals surface area contributed by atoms with Gasteiger partial charge in [-0.25, -0.2) is 9.18 Å². The van der Waals surface area contributed by atoms with Crippen LogP contribution in [-0.2, 0) is 11.3 Å². The minimum Gasteiger partial charge on any atom is -0.461 e. The molecule has 1 aromatic heterocycles. The van der Waals surface area contributed by atoms with Gasteiger partial charge in [-0.2, -0.15) is 0 Å². The molecule has 0 radical (unpaired) electrons. The first-order chi connectivity index (χ1) is 14.6. The zero-order valence-electron chi connectivity index (χ0n) is 19.1. The van der Waals surface area contributed by atoms with Crippen LogP contribution in [0.4, 0.5) is 4.39 Å². The molecule has 0 bridgehead atoms. The molecule has 1 aromatic carbocycles. The third-order valence-electron chi connectivity index (χ3n) is 5.11. The molecule has 1 heterocycles. The first kappa shape index (κ1) is 24.3. The van der Waals surface area contributed by atoms with E-state index in [1.54, 1.807) is 25.3 Å². The van der Waals surface area contributed by atoms with Crippen molar-refractivity contribution in [2.45, 2.75) is 48.1 Å². The highest BCUT2D eigenvalue weighted by Crippen LogP contribution is 2.24. The summed E-state index contributed by atoms with van der Waals surface area (Å²) >= 11 is 0. The lowest BCUT2D eigenvalue weighted by Gasteiger charge is -2.24. The molecule has 0 N–H and O–H groups in total. The Balaban J connectivity index is 2.42. The van der Waals surface area contributed by atoms with Gasteiger partial charge < -0.3 is 14.2 Å². The normalized spacial score (nSPS) is 11.0. The van der Waals surface area contributed by atoms with E-state index in [2.05, 4.69) is 0 Å². The number of carbonyl (C=O) groups excluding carboxylic acids is 3. The number of amides is 1. The van der Waals surface area contributed by atoms with Crippen LogP contribution in [0.15, 0.2) is 24.3 Å². The fraction of sp³-hybridized carbons (Fsp3) is 0.458. The standard InChI is InChI=1S/C24H31FN2O4/c1-7-27-17(6)21(16(5)22(27)24(30)31-8-2)20(28)14-26(13-15(3)4)23(29)18-10-9-11-19(25)12-18/h9-12,15H,7-8,13-14H2,1-6H3. The molecule has 2 aromatic rings. The van der Waals surface area contributed by atoms with E-state index in [0.717, 1.165) is 0 Å². The van der Waals surface area contributed by atoms with E-state index in [4.69, 9.17) is 4.74 Å². The van der Waals surface area contributed by atoms with Gasteiger partial charge in [-0.3, -0.25) is 9.59 Å². The van der Waals surface area contributed by atoms with Gasteiger partial charge in [0, 0.05) is 29.9 Å². The summed E-state index contributed by atoms with van der Waals surface area (Å²) in [5.41, 5.74) is 2.18. The number of ether oxygens (including phenoxy) is 1. The second kappa shape index (κ2) is 10.4. The van der Waals surface area contributed by atoms with Crippen LogP contribution in [0.25, 0.3) is 0 Å². The van der Waals surface area contributed by atoms with Crippen molar-refractivity contribution in [3.8, 4) is 0 Å². The van der Waals surface area contributed by atoms with Crippen LogP contribution in [0, 0.1) is 25.6 Å². The average molecular weight is 431 g/mol. The zero-order valence-corrected chi connectivity index (χ0v) is 19.1. The highest BCUT2D eigenvalue weighted by atomic mass is 19.1. The minimum atomic E-state index is -0.507. The van der Waals surface area contributed by atoms with Crippen LogP contribution in [0.3, 0.4) is 0 Å². The predicted molar refractivity (Wildman–Crippen MR) is 117 cm³/mol. The number of nitrogens with zero attached hydrogens (tertiary/aromatic N) is 2. The Morgan fingerprint density at radius 1 is 1.16 bits per heavy atom. The van der Waals surface area contributed by atoms with Crippen molar-refractivity contribution in [2.75, 3.05) is 19.7 Å². The van der Waals surface area contributed by atoms with E-state index in [-0.39, 0.29) is 30.4 Å². The molecule has 0 saturated carbocycles. The van der Waals surface area contributed by atoms with Crippen LogP contribution in [0.1, 0.15) is 70.2 Å². The molecule has 0 aliphatic carbocycles. The van der Waals surface area contributed by atoms with Gasteiger partial charge >= 0.3 is 5.97 Å². The number of aromatic nitrogens is 1. The van der Waals surface area contributed by atoms with Crippen molar-refractivity contribution >= 4 is 17.7 Å². The summed E-state index contributed by atoms with van der Waals surface area (Å²) < 4.78 is 20.6. The van der Waals surface area contributed by atoms with E-state index >= 15 is 0 Å². The summed E-state index contributed by atoms with van der Waals surface area (Å²) in [7, 11) is 0. The maximum Gasteiger partial charge on any atom is 0.355 e. The molecular weight excluding hydrogens is 399 g/mol. The summed E-state index contributed by atoms with van der Waals surface area (Å²) in [6, 6.07) is 5.44. The quantitative estimate of drug-likeness (QED) is 0.436. The van der Waals surface area contributed by atoms with Gasteiger partial charge in [-0.05, 0) is 57.4 Å². The predicted octanol–water partition coefficient (Wildman–Crippen LogP) is 4.42. The number of hydrogen-bond acceptors (Lipinski definition) is 4. The lowest BCUT2D eigenvalue weighted by Crippen LogP contribution is -2.38. The summed E-state index contributed by atoms with van der Waals surface area (Å²) in [5.74, 6) is -1.54. The maximum atomic E-state index is 13.6. The Bertz CT molecular complexity index is 978. The van der Waals surface area contributed by atoms with Crippen molar-refractivity contribution in [3.63, 3.8) is 0 Å². The van der Waals surface area contributed by atoms with Crippen LogP contribution in [-0.4, -0.2) is 46.8 Å². The van der Waals surface area contributed by atoms with Crippen molar-refractivity contribution in [3.05, 3.63) is 58.2 Å². The van der Waals surface area contributed by atoms with Crippen molar-refractivity contribution in [1.29, 1.82) is 0 Å². The molecule has 31 heavy (non-hydrogen) atoms. The third kappa shape index (κ3) is 5.40. The zero-order chi connectivity index (χ0) is 23.3. The van der Waals surface area contributed by atoms with E-state index < -0.39 is 17.7 Å². The molecule has 0 atom stereocenters. The van der Waals surface area contributed by atoms with Gasteiger partial charge in [0.15, 0.2) is 5.78 Å². The number of rotatable bonds is 9. The highest BCUT2D eigenvalue weighted by molar-refractivity contribution is 6.06. The molecule has 0 spiro atoms. The number of ketones is 1. The van der Waals surface area contributed by atoms with Gasteiger partial charge in [-0.1, -0.05) is 19.9 Å². The van der Waals surface area contributed by atoms with Crippen molar-refractivity contribution in [1.82, 2.24) is 9.47 Å². The van der Waals surface area contributed by atoms with Gasteiger partial charge in [0.1, 0.15) is 11.5 Å². The number of benzene rings is 1. The summed E-state index contributed by atoms with van der Waals surface area (Å²) in [4.78, 5) is 40.2. The summed E-state index contributed by atoms with van der Waals surface area (Å²) in [6.45, 7) is 11.9. The largest absolute Gasteiger partial charge is 0.461 e. The first-order valence-corrected chi connectivity index (χ1v) is 10.6. The molecule has 1 amide bonds. The van der Waals surface area contributed by atoms with E-state index in [9.17, 15) is 18.8 Å². The Labute approximate surface area is 183 Å². The van der Waals surface area contributed by atoms with Crippen LogP contribution in [0.2, 0.25) is 0 Å². The Hall–Kier alpha value is -2.96. The number of hydrogen-bond donors (Lipinski definition) is 0. The van der Waals surface area contributed by atoms with E-state index in [0.29, 0.717) is 35.6 Å². The smallest absolute Gasteiger partial charge is 0.355 e. The molecule has 0 aliphatic heterocycles. The Kier molecular flexibility index (Phi) is 8.14. The second-order valence-electron chi connectivity index (χ2n) is 7.91. The van der Waals surface area contributed by atoms with Crippen molar-refractivity contribution in [2.24, 2.45) is 5.92 Å². The molecule has 0 fully saturated rings. The second-order valence-corrected chi connectivity index (χ2v) is 7.91. The molecule has 6 nitrogen and oxygen atoms in total. The van der Waals surface area contributed by atoms with Gasteiger partial charge in [0.2, 0.25) is 0 Å². The number of halogens is 1. The van der Waals surface area contributed by atoms with Gasteiger partial charge in [0.25, 0.3) is 5.91 Å². The molecular formula is C24H31FN2O4. The monoisotopic (exact) mass is 430 g/mol. The lowest BCUT2D eigenvalue weighted by atomic mass is 10.0. The van der Waals surface area contributed by atoms with Crippen molar-refractivity contribution < 1.29 is 23.5 Å². The number of esters is 1. The third-order valence-corrected chi connectivity index (χ3v) is 5.11. The highest BCUT2D eigenvalue weighted by Gasteiger charge is 2.29. The SMILES string of the molecule is CCOC(=O)c1c(C)c(C(=O)CN(CC(C)C)C(=O)c2cccc(F)c2)c(C)n1CC. The Morgan fingerprint density at radius 3 is 2.39 bits per heavy atom. The minimum absolute atomic E-state index is 0.114. The summed E-state index contributed by atoms with van der Waals surface area (Å²) in [6.07, 6.45) is 0. The first-order valence-electron chi connectivity index (χ1n) is 10.6. The molecule has 7 heteroatoms. The summed E-state index contributed by atoms with van der Waals surface area (Å²) in [5, 5.41) is 0. The maximum absolute atomic E-state index is 13.6. The fourth-order valence-electron chi connectivity index (χ4n) is 3.88. The average Bonchev–Trinajstić information content (AvgIpc) is 2.96. The van der Waals surface area contributed by atoms with Crippen LogP contribution < -0.4 is 0 Å². The number of carbonyl (C=O) groups is 3. The molecule has 0 saturated heterocycles. The van der Waals surface area contributed by atoms with Gasteiger partial charge in [0.05, 0.1) is 13.2 Å². The van der Waals surface area contributed by atoms with Crippen LogP contribution >= 0.6 is 0 Å². The topological polar surface area (TPSA) is 68.6 Å². The lowest BCUT2D eigenvalue weighted by molar-refractivity contribution is 0.0512. The fourth-order valence-corrected chi connectivity index (χ4v) is 3.88. The number of Topliss-reactive ketones (excluding diaryl/α,β-unsaturated/α-hetero) is 1. The molecule has 0 aliphatic rings. The van der Waals surface area contributed by atoms with Gasteiger partial charge in [-0.15, -0.1) is 0 Å². The van der Waals surface area contributed by atoms with Crippen LogP contribution in [0.5, 0.6) is 0 Å². The van der Waals surface area contributed by atoms with E-state index in [1.165, 1.54) is 29.2 Å². The molecule has 2 rings (SSSR count). The Morgan fingerprint density at radius 2 is 1.84 bits per heavy atom. The molecule has 0 unspecified atom stereocenters. The molecule has 168 valence electrons.